The summed E-state index contributed by atoms with van der Waals surface area (Å²) in [6.45, 7) is 3.83. The molecule has 5 nitrogen and oxygen atoms in total. The van der Waals surface area contributed by atoms with Gasteiger partial charge in [-0.2, -0.15) is 4.98 Å². The van der Waals surface area contributed by atoms with Gasteiger partial charge >= 0.3 is 0 Å². The molecule has 0 radical (unpaired) electrons. The summed E-state index contributed by atoms with van der Waals surface area (Å²) in [4.78, 5) is 8.60. The Bertz CT molecular complexity index is 373. The minimum absolute atomic E-state index is 0.0158. The number of methoxy groups -OCH3 is 1. The summed E-state index contributed by atoms with van der Waals surface area (Å²) in [5, 5.41) is 6.52. The van der Waals surface area contributed by atoms with Crippen molar-refractivity contribution in [1.82, 2.24) is 9.97 Å². The number of aromatic nitrogens is 2. The van der Waals surface area contributed by atoms with E-state index in [9.17, 15) is 0 Å². The number of rotatable bonds is 7. The van der Waals surface area contributed by atoms with Crippen LogP contribution in [0.4, 0.5) is 11.8 Å². The smallest absolute Gasteiger partial charge is 0.224 e. The molecule has 0 amide bonds. The van der Waals surface area contributed by atoms with Crippen molar-refractivity contribution < 1.29 is 4.74 Å². The van der Waals surface area contributed by atoms with E-state index < -0.39 is 0 Å². The zero-order chi connectivity index (χ0) is 12.8. The first-order valence-electron chi connectivity index (χ1n) is 6.64. The Morgan fingerprint density at radius 2 is 2.22 bits per heavy atom. The second kappa shape index (κ2) is 6.00. The van der Waals surface area contributed by atoms with Crippen LogP contribution in [0.25, 0.3) is 0 Å². The van der Waals surface area contributed by atoms with Crippen molar-refractivity contribution >= 4 is 11.8 Å². The molecular weight excluding hydrogens is 228 g/mol. The highest BCUT2D eigenvalue weighted by Gasteiger charge is 2.36. The second-order valence-electron chi connectivity index (χ2n) is 4.79. The SMILES string of the molecule is CCCNc1nccc(NCC2(OC)CCC2)n1. The molecule has 0 aliphatic heterocycles. The van der Waals surface area contributed by atoms with Crippen molar-refractivity contribution in [3.63, 3.8) is 0 Å². The number of hydrogen-bond acceptors (Lipinski definition) is 5. The van der Waals surface area contributed by atoms with Crippen molar-refractivity contribution in [3.8, 4) is 0 Å². The van der Waals surface area contributed by atoms with Gasteiger partial charge in [-0.3, -0.25) is 0 Å². The van der Waals surface area contributed by atoms with Crippen molar-refractivity contribution in [3.05, 3.63) is 12.3 Å². The van der Waals surface area contributed by atoms with E-state index in [1.54, 1.807) is 13.3 Å². The number of ether oxygens (including phenoxy) is 1. The molecule has 2 N–H and O–H groups in total. The maximum Gasteiger partial charge on any atom is 0.224 e. The second-order valence-corrected chi connectivity index (χ2v) is 4.79. The highest BCUT2D eigenvalue weighted by molar-refractivity contribution is 5.39. The summed E-state index contributed by atoms with van der Waals surface area (Å²) in [5.41, 5.74) is 0.0158. The van der Waals surface area contributed by atoms with Crippen LogP contribution >= 0.6 is 0 Å². The molecule has 1 aliphatic rings. The predicted molar refractivity (Wildman–Crippen MR) is 72.9 cm³/mol. The van der Waals surface area contributed by atoms with E-state index in [0.717, 1.165) is 38.2 Å². The third kappa shape index (κ3) is 3.10. The van der Waals surface area contributed by atoms with E-state index in [-0.39, 0.29) is 5.60 Å². The van der Waals surface area contributed by atoms with Gasteiger partial charge in [-0.1, -0.05) is 6.92 Å². The van der Waals surface area contributed by atoms with Crippen molar-refractivity contribution in [1.29, 1.82) is 0 Å². The summed E-state index contributed by atoms with van der Waals surface area (Å²) in [6, 6.07) is 1.89. The van der Waals surface area contributed by atoms with Crippen molar-refractivity contribution in [2.75, 3.05) is 30.8 Å². The summed E-state index contributed by atoms with van der Waals surface area (Å²) < 4.78 is 5.57. The molecule has 0 unspecified atom stereocenters. The van der Waals surface area contributed by atoms with E-state index >= 15 is 0 Å². The largest absolute Gasteiger partial charge is 0.376 e. The molecule has 1 aliphatic carbocycles. The fourth-order valence-electron chi connectivity index (χ4n) is 2.05. The van der Waals surface area contributed by atoms with E-state index in [4.69, 9.17) is 4.74 Å². The van der Waals surface area contributed by atoms with Crippen LogP contribution in [0, 0.1) is 0 Å². The molecular formula is C13H22N4O. The van der Waals surface area contributed by atoms with Crippen LogP contribution in [0.1, 0.15) is 32.6 Å². The molecule has 100 valence electrons. The lowest BCUT2D eigenvalue weighted by molar-refractivity contribution is -0.0601. The average Bonchev–Trinajstić information content (AvgIpc) is 2.36. The van der Waals surface area contributed by atoms with Crippen LogP contribution in [0.3, 0.4) is 0 Å². The predicted octanol–water partition coefficient (Wildman–Crippen LogP) is 2.28. The molecule has 2 rings (SSSR count). The third-order valence-corrected chi connectivity index (χ3v) is 3.48. The van der Waals surface area contributed by atoms with Crippen LogP contribution in [0.2, 0.25) is 0 Å². The van der Waals surface area contributed by atoms with E-state index in [2.05, 4.69) is 27.5 Å². The maximum absolute atomic E-state index is 5.57. The van der Waals surface area contributed by atoms with Gasteiger partial charge < -0.3 is 15.4 Å². The molecule has 0 aromatic carbocycles. The summed E-state index contributed by atoms with van der Waals surface area (Å²) >= 11 is 0. The van der Waals surface area contributed by atoms with Crippen molar-refractivity contribution in [2.24, 2.45) is 0 Å². The normalized spacial score (nSPS) is 17.0. The Morgan fingerprint density at radius 1 is 1.39 bits per heavy atom. The first-order valence-corrected chi connectivity index (χ1v) is 6.64. The zero-order valence-corrected chi connectivity index (χ0v) is 11.2. The molecule has 0 bridgehead atoms. The fraction of sp³-hybridized carbons (Fsp3) is 0.692. The molecule has 0 spiro atoms. The van der Waals surface area contributed by atoms with Gasteiger partial charge in [-0.05, 0) is 31.7 Å². The van der Waals surface area contributed by atoms with Gasteiger partial charge in [-0.25, -0.2) is 4.98 Å². The quantitative estimate of drug-likeness (QED) is 0.777. The van der Waals surface area contributed by atoms with Crippen LogP contribution in [-0.4, -0.2) is 35.8 Å². The molecule has 5 heteroatoms. The molecule has 1 heterocycles. The van der Waals surface area contributed by atoms with Gasteiger partial charge in [0.05, 0.1) is 5.60 Å². The van der Waals surface area contributed by atoms with Gasteiger partial charge in [0.25, 0.3) is 0 Å². The zero-order valence-electron chi connectivity index (χ0n) is 11.2. The number of nitrogens with zero attached hydrogens (tertiary/aromatic N) is 2. The molecule has 0 atom stereocenters. The Balaban J connectivity index is 1.88. The van der Waals surface area contributed by atoms with Crippen LogP contribution < -0.4 is 10.6 Å². The molecule has 1 fully saturated rings. The van der Waals surface area contributed by atoms with Crippen LogP contribution in [-0.2, 0) is 4.74 Å². The Labute approximate surface area is 108 Å². The Kier molecular flexibility index (Phi) is 4.36. The molecule has 1 saturated carbocycles. The molecule has 1 aromatic rings. The van der Waals surface area contributed by atoms with Gasteiger partial charge in [0.2, 0.25) is 5.95 Å². The Hall–Kier alpha value is -1.36. The van der Waals surface area contributed by atoms with Gasteiger partial charge in [0.15, 0.2) is 0 Å². The topological polar surface area (TPSA) is 59.1 Å². The average molecular weight is 250 g/mol. The lowest BCUT2D eigenvalue weighted by Gasteiger charge is -2.40. The first-order chi connectivity index (χ1) is 8.78. The van der Waals surface area contributed by atoms with Gasteiger partial charge in [0, 0.05) is 26.4 Å². The minimum Gasteiger partial charge on any atom is -0.376 e. The lowest BCUT2D eigenvalue weighted by atomic mass is 9.80. The summed E-state index contributed by atoms with van der Waals surface area (Å²) in [7, 11) is 1.79. The van der Waals surface area contributed by atoms with E-state index in [0.29, 0.717) is 5.95 Å². The third-order valence-electron chi connectivity index (χ3n) is 3.48. The molecule has 18 heavy (non-hydrogen) atoms. The standard InChI is InChI=1S/C13H22N4O/c1-3-8-14-12-15-9-5-11(17-12)16-10-13(18-2)6-4-7-13/h5,9H,3-4,6-8,10H2,1-2H3,(H2,14,15,16,17). The molecule has 1 aromatic heterocycles. The highest BCUT2D eigenvalue weighted by atomic mass is 16.5. The van der Waals surface area contributed by atoms with Gasteiger partial charge in [0.1, 0.15) is 5.82 Å². The van der Waals surface area contributed by atoms with Gasteiger partial charge in [-0.15, -0.1) is 0 Å². The van der Waals surface area contributed by atoms with Crippen LogP contribution in [0.5, 0.6) is 0 Å². The fourth-order valence-corrected chi connectivity index (χ4v) is 2.05. The first kappa shape index (κ1) is 13.1. The monoisotopic (exact) mass is 250 g/mol. The number of nitrogens with one attached hydrogen (secondary N) is 2. The number of hydrogen-bond donors (Lipinski definition) is 2. The minimum atomic E-state index is 0.0158. The highest BCUT2D eigenvalue weighted by Crippen LogP contribution is 2.34. The van der Waals surface area contributed by atoms with Crippen molar-refractivity contribution in [2.45, 2.75) is 38.2 Å². The maximum atomic E-state index is 5.57. The Morgan fingerprint density at radius 3 is 2.83 bits per heavy atom. The molecule has 0 saturated heterocycles. The van der Waals surface area contributed by atoms with E-state index in [1.165, 1.54) is 6.42 Å². The van der Waals surface area contributed by atoms with Crippen LogP contribution in [0.15, 0.2) is 12.3 Å². The number of anilines is 2. The lowest BCUT2D eigenvalue weighted by Crippen LogP contribution is -2.45. The summed E-state index contributed by atoms with van der Waals surface area (Å²) in [6.07, 6.45) is 6.34. The van der Waals surface area contributed by atoms with E-state index in [1.807, 2.05) is 6.07 Å². The summed E-state index contributed by atoms with van der Waals surface area (Å²) in [5.74, 6) is 1.54.